The fraction of sp³-hybridized carbons (Fsp3) is 0.0980. The highest BCUT2D eigenvalue weighted by Gasteiger charge is 2.12. The molecule has 2 heteroatoms. The summed E-state index contributed by atoms with van der Waals surface area (Å²) in [5.41, 5.74) is 15.6. The van der Waals surface area contributed by atoms with Crippen molar-refractivity contribution in [3.8, 4) is 11.1 Å². The summed E-state index contributed by atoms with van der Waals surface area (Å²) in [4.78, 5) is 9.38. The number of aryl methyl sites for hydroxylation is 3. The first-order valence-electron chi connectivity index (χ1n) is 18.0. The van der Waals surface area contributed by atoms with Crippen molar-refractivity contribution in [1.29, 1.82) is 0 Å². The standard InChI is InChI=1S/C51H46N2/c1-35-15-8-11-19-42(35)24-22-37(3)46-32-47(38(4)23-25-43-20-12-9-16-36(43)2)34-48(33-46)44-26-28-45(29-27-44)50(49-21-13-10-17-39(49)5)31-41(7)53-51-40(6)18-14-30-52-51/h8-34H,1,4H2,2-3,5-7H3/b25-23-,37-22+,42-24-,50-31-,53-41+. The van der Waals surface area contributed by atoms with Crippen LogP contribution in [0.3, 0.4) is 0 Å². The highest BCUT2D eigenvalue weighted by atomic mass is 14.9. The summed E-state index contributed by atoms with van der Waals surface area (Å²) < 4.78 is 0. The predicted molar refractivity (Wildman–Crippen MR) is 230 cm³/mol. The van der Waals surface area contributed by atoms with Crippen molar-refractivity contribution in [1.82, 2.24) is 4.98 Å². The third-order valence-corrected chi connectivity index (χ3v) is 9.56. The summed E-state index contributed by atoms with van der Waals surface area (Å²) in [7, 11) is 0. The predicted octanol–water partition coefficient (Wildman–Crippen LogP) is 11.9. The Bertz CT molecular complexity index is 2520. The summed E-state index contributed by atoms with van der Waals surface area (Å²) in [5.74, 6) is 0.740. The Morgan fingerprint density at radius 1 is 0.660 bits per heavy atom. The molecule has 5 aromatic carbocycles. The van der Waals surface area contributed by atoms with Crippen LogP contribution in [0, 0.1) is 20.8 Å². The van der Waals surface area contributed by atoms with Gasteiger partial charge in [0, 0.05) is 11.9 Å². The highest BCUT2D eigenvalue weighted by Crippen LogP contribution is 2.32. The van der Waals surface area contributed by atoms with E-state index in [0.717, 1.165) is 72.1 Å². The molecule has 0 bridgehead atoms. The average Bonchev–Trinajstić information content (AvgIpc) is 3.17. The first-order chi connectivity index (χ1) is 25.7. The molecular formula is C51H46N2. The molecule has 0 fully saturated rings. The molecule has 6 rings (SSSR count). The monoisotopic (exact) mass is 686 g/mol. The second-order valence-corrected chi connectivity index (χ2v) is 13.6. The number of aliphatic imine (C=N–C) groups is 1. The van der Waals surface area contributed by atoms with Gasteiger partial charge in [-0.25, -0.2) is 9.98 Å². The average molecular weight is 687 g/mol. The lowest BCUT2D eigenvalue weighted by molar-refractivity contribution is 1.22. The molecule has 1 heterocycles. The van der Waals surface area contributed by atoms with E-state index in [1.54, 1.807) is 6.20 Å². The number of pyridine rings is 1. The zero-order chi connectivity index (χ0) is 37.3. The number of allylic oxidation sites excluding steroid dienone is 5. The van der Waals surface area contributed by atoms with E-state index >= 15 is 0 Å². The molecule has 0 atom stereocenters. The van der Waals surface area contributed by atoms with Gasteiger partial charge in [-0.1, -0.05) is 141 Å². The molecule has 0 radical (unpaired) electrons. The van der Waals surface area contributed by atoms with Crippen molar-refractivity contribution in [2.24, 2.45) is 4.99 Å². The molecule has 0 spiro atoms. The van der Waals surface area contributed by atoms with Crippen molar-refractivity contribution in [2.75, 3.05) is 0 Å². The van der Waals surface area contributed by atoms with Gasteiger partial charge in [0.1, 0.15) is 0 Å². The molecular weight excluding hydrogens is 641 g/mol. The van der Waals surface area contributed by atoms with Gasteiger partial charge in [-0.15, -0.1) is 0 Å². The van der Waals surface area contributed by atoms with Crippen molar-refractivity contribution in [3.63, 3.8) is 0 Å². The van der Waals surface area contributed by atoms with Crippen LogP contribution < -0.4 is 10.4 Å². The first kappa shape index (κ1) is 36.4. The van der Waals surface area contributed by atoms with Gasteiger partial charge in [0.2, 0.25) is 0 Å². The highest BCUT2D eigenvalue weighted by molar-refractivity contribution is 6.03. The molecule has 0 saturated carbocycles. The molecule has 0 unspecified atom stereocenters. The largest absolute Gasteiger partial charge is 0.237 e. The zero-order valence-electron chi connectivity index (χ0n) is 31.4. The summed E-state index contributed by atoms with van der Waals surface area (Å²) in [6.45, 7) is 19.2. The summed E-state index contributed by atoms with van der Waals surface area (Å²) >= 11 is 0. The minimum absolute atomic E-state index is 0.740. The van der Waals surface area contributed by atoms with Crippen LogP contribution in [-0.2, 0) is 0 Å². The van der Waals surface area contributed by atoms with Crippen molar-refractivity contribution in [2.45, 2.75) is 34.6 Å². The number of rotatable bonds is 10. The Kier molecular flexibility index (Phi) is 11.5. The van der Waals surface area contributed by atoms with Crippen LogP contribution in [0.5, 0.6) is 0 Å². The third kappa shape index (κ3) is 9.11. The Labute approximate surface area is 315 Å². The zero-order valence-corrected chi connectivity index (χ0v) is 31.4. The lowest BCUT2D eigenvalue weighted by Gasteiger charge is -2.14. The van der Waals surface area contributed by atoms with E-state index in [4.69, 9.17) is 4.99 Å². The lowest BCUT2D eigenvalue weighted by atomic mass is 9.90. The first-order valence-corrected chi connectivity index (χ1v) is 18.0. The van der Waals surface area contributed by atoms with Crippen molar-refractivity contribution < 1.29 is 0 Å². The fourth-order valence-corrected chi connectivity index (χ4v) is 6.31. The molecule has 53 heavy (non-hydrogen) atoms. The van der Waals surface area contributed by atoms with Gasteiger partial charge >= 0.3 is 0 Å². The maximum atomic E-state index is 4.88. The molecule has 0 saturated heterocycles. The maximum absolute atomic E-state index is 4.88. The van der Waals surface area contributed by atoms with E-state index in [2.05, 4.69) is 166 Å². The van der Waals surface area contributed by atoms with Gasteiger partial charge in [-0.3, -0.25) is 0 Å². The summed E-state index contributed by atoms with van der Waals surface area (Å²) in [6, 6.07) is 44.7. The van der Waals surface area contributed by atoms with Crippen LogP contribution in [-0.4, -0.2) is 10.7 Å². The summed E-state index contributed by atoms with van der Waals surface area (Å²) in [5, 5.41) is 2.12. The lowest BCUT2D eigenvalue weighted by Crippen LogP contribution is -2.21. The molecule has 6 aromatic rings. The van der Waals surface area contributed by atoms with Gasteiger partial charge < -0.3 is 0 Å². The molecule has 260 valence electrons. The molecule has 1 aromatic heterocycles. The number of benzene rings is 5. The number of hydrogen-bond donors (Lipinski definition) is 0. The van der Waals surface area contributed by atoms with Crippen LogP contribution in [0.1, 0.15) is 58.4 Å². The Balaban J connectivity index is 1.42. The molecule has 2 nitrogen and oxygen atoms in total. The van der Waals surface area contributed by atoms with E-state index < -0.39 is 0 Å². The van der Waals surface area contributed by atoms with Gasteiger partial charge in [0.05, 0.1) is 0 Å². The van der Waals surface area contributed by atoms with Crippen LogP contribution >= 0.6 is 0 Å². The third-order valence-electron chi connectivity index (χ3n) is 9.56. The van der Waals surface area contributed by atoms with Crippen LogP contribution in [0.4, 0.5) is 5.82 Å². The van der Waals surface area contributed by atoms with Crippen LogP contribution in [0.2, 0.25) is 0 Å². The SMILES string of the molecule is C=C(/C=C\c1ccccc1C)c1cc(/C(C)=C/C=c2/ccccc2=C)cc(-c2ccc(/C(=C/C(C)=N/c3ncccc3C)c3ccccc3C)cc2)c1. The molecule has 0 N–H and O–H groups in total. The number of nitrogens with zero attached hydrogens (tertiary/aromatic N) is 2. The van der Waals surface area contributed by atoms with Gasteiger partial charge in [0.15, 0.2) is 5.82 Å². The summed E-state index contributed by atoms with van der Waals surface area (Å²) in [6.07, 6.45) is 12.6. The maximum Gasteiger partial charge on any atom is 0.154 e. The Hall–Kier alpha value is -6.38. The Morgan fingerprint density at radius 2 is 1.34 bits per heavy atom. The van der Waals surface area contributed by atoms with Crippen molar-refractivity contribution in [3.05, 3.63) is 213 Å². The molecule has 0 aliphatic rings. The second kappa shape index (κ2) is 16.8. The van der Waals surface area contributed by atoms with Gasteiger partial charge in [-0.05, 0) is 148 Å². The van der Waals surface area contributed by atoms with E-state index in [9.17, 15) is 0 Å². The minimum Gasteiger partial charge on any atom is -0.237 e. The fourth-order valence-electron chi connectivity index (χ4n) is 6.31. The van der Waals surface area contributed by atoms with Crippen LogP contribution in [0.25, 0.3) is 46.6 Å². The number of hydrogen-bond acceptors (Lipinski definition) is 2. The van der Waals surface area contributed by atoms with E-state index in [-0.39, 0.29) is 0 Å². The molecule has 0 amide bonds. The normalized spacial score (nSPS) is 12.8. The minimum atomic E-state index is 0.740. The topological polar surface area (TPSA) is 25.2 Å². The Morgan fingerprint density at radius 3 is 2.08 bits per heavy atom. The van der Waals surface area contributed by atoms with Gasteiger partial charge in [-0.2, -0.15) is 0 Å². The molecule has 0 aliphatic heterocycles. The van der Waals surface area contributed by atoms with Gasteiger partial charge in [0.25, 0.3) is 0 Å². The van der Waals surface area contributed by atoms with Crippen LogP contribution in [0.15, 0.2) is 163 Å². The van der Waals surface area contributed by atoms with Crippen molar-refractivity contribution >= 4 is 47.0 Å². The second-order valence-electron chi connectivity index (χ2n) is 13.6. The number of aromatic nitrogens is 1. The van der Waals surface area contributed by atoms with E-state index in [0.29, 0.717) is 0 Å². The smallest absolute Gasteiger partial charge is 0.154 e. The van der Waals surface area contributed by atoms with E-state index in [1.807, 2.05) is 44.2 Å². The molecule has 0 aliphatic carbocycles. The quantitative estimate of drug-likeness (QED) is 0.104. The van der Waals surface area contributed by atoms with E-state index in [1.165, 1.54) is 22.3 Å².